The lowest BCUT2D eigenvalue weighted by molar-refractivity contribution is 0.461. The van der Waals surface area contributed by atoms with Crippen molar-refractivity contribution in [3.05, 3.63) is 0 Å². The van der Waals surface area contributed by atoms with Gasteiger partial charge in [-0.2, -0.15) is 8.42 Å². The lowest BCUT2D eigenvalue weighted by Gasteiger charge is -2.11. The van der Waals surface area contributed by atoms with E-state index in [0.29, 0.717) is 12.3 Å². The average molecular weight is 181 g/mol. The first-order valence-corrected chi connectivity index (χ1v) is 5.13. The summed E-state index contributed by atoms with van der Waals surface area (Å²) >= 11 is 0. The lowest BCUT2D eigenvalue weighted by Crippen LogP contribution is -2.30. The molecule has 11 heavy (non-hydrogen) atoms. The molecule has 0 aliphatic carbocycles. The summed E-state index contributed by atoms with van der Waals surface area (Å²) in [5.41, 5.74) is 5.42. The van der Waals surface area contributed by atoms with Gasteiger partial charge in [-0.1, -0.05) is 13.8 Å². The number of hydrogen-bond acceptors (Lipinski definition) is 3. The maximum atomic E-state index is 10.3. The van der Waals surface area contributed by atoms with Crippen molar-refractivity contribution < 1.29 is 13.0 Å². The first-order valence-electron chi connectivity index (χ1n) is 3.52. The Hall–Kier alpha value is -0.130. The van der Waals surface area contributed by atoms with Crippen LogP contribution in [0.2, 0.25) is 0 Å². The summed E-state index contributed by atoms with van der Waals surface area (Å²) in [6.45, 7) is 3.90. The van der Waals surface area contributed by atoms with E-state index in [1.807, 2.05) is 13.8 Å². The van der Waals surface area contributed by atoms with Crippen LogP contribution in [0.25, 0.3) is 0 Å². The molecule has 0 spiro atoms. The summed E-state index contributed by atoms with van der Waals surface area (Å²) in [7, 11) is -3.89. The largest absolute Gasteiger partial charge is 0.327 e. The highest BCUT2D eigenvalue weighted by Crippen LogP contribution is 2.03. The summed E-state index contributed by atoms with van der Waals surface area (Å²) in [4.78, 5) is 0. The Balaban J connectivity index is 3.80. The molecule has 0 saturated carbocycles. The molecule has 0 amide bonds. The molecule has 0 aromatic heterocycles. The third-order valence-electron chi connectivity index (χ3n) is 1.20. The Morgan fingerprint density at radius 2 is 1.91 bits per heavy atom. The molecule has 5 heteroatoms. The molecule has 0 rings (SSSR count). The fourth-order valence-corrected chi connectivity index (χ4v) is 1.62. The van der Waals surface area contributed by atoms with Crippen molar-refractivity contribution in [2.75, 3.05) is 5.75 Å². The Bertz CT molecular complexity index is 198. The maximum absolute atomic E-state index is 10.3. The van der Waals surface area contributed by atoms with Crippen LogP contribution < -0.4 is 5.73 Å². The van der Waals surface area contributed by atoms with E-state index in [1.165, 1.54) is 0 Å². The molecule has 4 nitrogen and oxygen atoms in total. The Kier molecular flexibility index (Phi) is 3.99. The normalized spacial score (nSPS) is 15.4. The molecular weight excluding hydrogens is 166 g/mol. The van der Waals surface area contributed by atoms with Crippen LogP contribution in [0.3, 0.4) is 0 Å². The molecule has 3 N–H and O–H groups in total. The van der Waals surface area contributed by atoms with Crippen molar-refractivity contribution in [1.29, 1.82) is 0 Å². The van der Waals surface area contributed by atoms with Crippen molar-refractivity contribution >= 4 is 10.1 Å². The Morgan fingerprint density at radius 3 is 2.18 bits per heavy atom. The van der Waals surface area contributed by atoms with E-state index in [0.717, 1.165) is 0 Å². The van der Waals surface area contributed by atoms with Crippen LogP contribution >= 0.6 is 0 Å². The van der Waals surface area contributed by atoms with E-state index < -0.39 is 16.2 Å². The lowest BCUT2D eigenvalue weighted by atomic mass is 10.1. The predicted molar refractivity (Wildman–Crippen MR) is 43.8 cm³/mol. The van der Waals surface area contributed by atoms with Crippen molar-refractivity contribution in [2.45, 2.75) is 26.3 Å². The van der Waals surface area contributed by atoms with Crippen molar-refractivity contribution in [2.24, 2.45) is 11.7 Å². The maximum Gasteiger partial charge on any atom is 0.266 e. The third-order valence-corrected chi connectivity index (χ3v) is 2.05. The van der Waals surface area contributed by atoms with Gasteiger partial charge >= 0.3 is 0 Å². The van der Waals surface area contributed by atoms with Crippen LogP contribution in [-0.2, 0) is 10.1 Å². The molecular formula is C6H15NO3S. The molecule has 0 aliphatic rings. The van der Waals surface area contributed by atoms with Crippen LogP contribution in [0.15, 0.2) is 0 Å². The SMILES string of the molecule is CC(C)CC(N)CS(=O)(=O)O. The summed E-state index contributed by atoms with van der Waals surface area (Å²) in [6, 6.07) is -0.454. The summed E-state index contributed by atoms with van der Waals surface area (Å²) in [6.07, 6.45) is 0.611. The van der Waals surface area contributed by atoms with Gasteiger partial charge < -0.3 is 5.73 Å². The van der Waals surface area contributed by atoms with Crippen LogP contribution in [0, 0.1) is 5.92 Å². The minimum Gasteiger partial charge on any atom is -0.327 e. The average Bonchev–Trinajstić information content (AvgIpc) is 1.53. The van der Waals surface area contributed by atoms with Crippen molar-refractivity contribution in [3.8, 4) is 0 Å². The number of rotatable bonds is 4. The quantitative estimate of drug-likeness (QED) is 0.609. The molecule has 0 bridgehead atoms. The van der Waals surface area contributed by atoms with Crippen LogP contribution in [0.1, 0.15) is 20.3 Å². The zero-order valence-electron chi connectivity index (χ0n) is 6.82. The molecule has 0 heterocycles. The van der Waals surface area contributed by atoms with Crippen molar-refractivity contribution in [3.63, 3.8) is 0 Å². The Morgan fingerprint density at radius 1 is 1.45 bits per heavy atom. The van der Waals surface area contributed by atoms with E-state index >= 15 is 0 Å². The molecule has 0 aromatic rings. The topological polar surface area (TPSA) is 80.4 Å². The Labute approximate surface area is 67.5 Å². The smallest absolute Gasteiger partial charge is 0.266 e. The molecule has 0 aliphatic heterocycles. The van der Waals surface area contributed by atoms with Crippen molar-refractivity contribution in [1.82, 2.24) is 0 Å². The molecule has 0 radical (unpaired) electrons. The summed E-state index contributed by atoms with van der Waals surface area (Å²) in [5, 5.41) is 0. The van der Waals surface area contributed by atoms with E-state index in [4.69, 9.17) is 10.3 Å². The highest BCUT2D eigenvalue weighted by atomic mass is 32.2. The molecule has 68 valence electrons. The highest BCUT2D eigenvalue weighted by Gasteiger charge is 2.13. The first kappa shape index (κ1) is 10.9. The van der Waals surface area contributed by atoms with Gasteiger partial charge in [0.2, 0.25) is 0 Å². The second-order valence-electron chi connectivity index (χ2n) is 3.14. The fraction of sp³-hybridized carbons (Fsp3) is 1.00. The zero-order valence-corrected chi connectivity index (χ0v) is 7.63. The molecule has 0 fully saturated rings. The van der Waals surface area contributed by atoms with Gasteiger partial charge in [0.25, 0.3) is 10.1 Å². The van der Waals surface area contributed by atoms with Gasteiger partial charge in [0.1, 0.15) is 0 Å². The number of hydrogen-bond donors (Lipinski definition) is 2. The zero-order chi connectivity index (χ0) is 9.07. The molecule has 1 atom stereocenters. The van der Waals surface area contributed by atoms with E-state index in [9.17, 15) is 8.42 Å². The van der Waals surface area contributed by atoms with E-state index in [2.05, 4.69) is 0 Å². The van der Waals surface area contributed by atoms with Crippen LogP contribution in [-0.4, -0.2) is 24.8 Å². The minimum absolute atomic E-state index is 0.342. The van der Waals surface area contributed by atoms with Gasteiger partial charge in [-0.05, 0) is 12.3 Å². The van der Waals surface area contributed by atoms with Crippen LogP contribution in [0.5, 0.6) is 0 Å². The monoisotopic (exact) mass is 181 g/mol. The second-order valence-corrected chi connectivity index (χ2v) is 4.64. The van der Waals surface area contributed by atoms with Gasteiger partial charge in [-0.3, -0.25) is 4.55 Å². The standard InChI is InChI=1S/C6H15NO3S/c1-5(2)3-6(7)4-11(8,9)10/h5-6H,3-4,7H2,1-2H3,(H,8,9,10). The van der Waals surface area contributed by atoms with E-state index in [1.54, 1.807) is 0 Å². The van der Waals surface area contributed by atoms with Crippen LogP contribution in [0.4, 0.5) is 0 Å². The molecule has 0 aromatic carbocycles. The van der Waals surface area contributed by atoms with Gasteiger partial charge in [0.15, 0.2) is 0 Å². The minimum atomic E-state index is -3.89. The second kappa shape index (κ2) is 4.04. The fourth-order valence-electron chi connectivity index (χ4n) is 0.944. The van der Waals surface area contributed by atoms with Gasteiger partial charge in [0, 0.05) is 6.04 Å². The first-order chi connectivity index (χ1) is 4.81. The third kappa shape index (κ3) is 7.77. The molecule has 0 saturated heterocycles. The van der Waals surface area contributed by atoms with Gasteiger partial charge in [-0.25, -0.2) is 0 Å². The highest BCUT2D eigenvalue weighted by molar-refractivity contribution is 7.85. The van der Waals surface area contributed by atoms with Gasteiger partial charge in [-0.15, -0.1) is 0 Å². The predicted octanol–water partition coefficient (Wildman–Crippen LogP) is 0.248. The van der Waals surface area contributed by atoms with E-state index in [-0.39, 0.29) is 5.75 Å². The number of nitrogens with two attached hydrogens (primary N) is 1. The summed E-state index contributed by atoms with van der Waals surface area (Å²) < 4.78 is 29.0. The molecule has 1 unspecified atom stereocenters. The summed E-state index contributed by atoms with van der Waals surface area (Å²) in [5.74, 6) is 0.0114. The van der Waals surface area contributed by atoms with Gasteiger partial charge in [0.05, 0.1) is 5.75 Å².